The molecule has 3 rings (SSSR count). The van der Waals surface area contributed by atoms with E-state index >= 15 is 0 Å². The number of fused-ring (bicyclic) bond motifs is 1. The van der Waals surface area contributed by atoms with Gasteiger partial charge in [0.05, 0.1) is 13.5 Å². The monoisotopic (exact) mass is 426 g/mol. The minimum Gasteiger partial charge on any atom is -0.497 e. The Labute approximate surface area is 183 Å². The van der Waals surface area contributed by atoms with E-state index in [4.69, 9.17) is 14.2 Å². The number of carbonyl (C=O) groups excluding carboxylic acids is 2. The van der Waals surface area contributed by atoms with Gasteiger partial charge < -0.3 is 24.4 Å². The van der Waals surface area contributed by atoms with Crippen molar-refractivity contribution in [3.63, 3.8) is 0 Å². The fraction of sp³-hybridized carbons (Fsp3) is 0.417. The summed E-state index contributed by atoms with van der Waals surface area (Å²) in [5.74, 6) is 1.26. The minimum atomic E-state index is -0.503. The quantitative estimate of drug-likeness (QED) is 0.622. The molecule has 1 atom stereocenters. The molecule has 0 bridgehead atoms. The first-order valence-corrected chi connectivity index (χ1v) is 10.5. The van der Waals surface area contributed by atoms with Gasteiger partial charge in [-0.3, -0.25) is 9.59 Å². The molecule has 7 nitrogen and oxygen atoms in total. The number of anilines is 1. The standard InChI is InChI=1S/C24H30N2O5/c1-4-21-24(28)26(11-6-12-29-2)16-18-15-19(9-10-22(18)31-21)25-23(27)14-17-7-5-8-20(13-17)30-3/h5,7-10,13,15,21H,4,6,11-12,14,16H2,1-3H3,(H,25,27)/t21-/m1/s1. The van der Waals surface area contributed by atoms with Gasteiger partial charge in [0.25, 0.3) is 5.91 Å². The van der Waals surface area contributed by atoms with Crippen molar-refractivity contribution in [3.05, 3.63) is 53.6 Å². The lowest BCUT2D eigenvalue weighted by atomic mass is 10.1. The fourth-order valence-corrected chi connectivity index (χ4v) is 3.61. The third-order valence-electron chi connectivity index (χ3n) is 5.21. The second-order valence-electron chi connectivity index (χ2n) is 7.52. The van der Waals surface area contributed by atoms with Gasteiger partial charge in [-0.1, -0.05) is 19.1 Å². The van der Waals surface area contributed by atoms with Crippen LogP contribution in [0.3, 0.4) is 0 Å². The van der Waals surface area contributed by atoms with Crippen molar-refractivity contribution >= 4 is 17.5 Å². The van der Waals surface area contributed by atoms with E-state index < -0.39 is 6.10 Å². The SMILES string of the molecule is CC[C@H]1Oc2ccc(NC(=O)Cc3cccc(OC)c3)cc2CN(CCCOC)C1=O. The van der Waals surface area contributed by atoms with Gasteiger partial charge in [0.15, 0.2) is 6.10 Å². The predicted octanol–water partition coefficient (Wildman–Crippen LogP) is 3.41. The number of carbonyl (C=O) groups is 2. The maximum absolute atomic E-state index is 12.8. The highest BCUT2D eigenvalue weighted by atomic mass is 16.5. The van der Waals surface area contributed by atoms with Gasteiger partial charge in [0.1, 0.15) is 11.5 Å². The number of amides is 2. The summed E-state index contributed by atoms with van der Waals surface area (Å²) in [6, 6.07) is 13.0. The number of ether oxygens (including phenoxy) is 3. The maximum atomic E-state index is 12.8. The third-order valence-corrected chi connectivity index (χ3v) is 5.21. The van der Waals surface area contributed by atoms with E-state index in [9.17, 15) is 9.59 Å². The van der Waals surface area contributed by atoms with Crippen LogP contribution in [0.1, 0.15) is 30.9 Å². The van der Waals surface area contributed by atoms with Gasteiger partial charge in [-0.15, -0.1) is 0 Å². The van der Waals surface area contributed by atoms with Gasteiger partial charge in [0, 0.05) is 38.1 Å². The Kier molecular flexibility index (Phi) is 7.89. The lowest BCUT2D eigenvalue weighted by Crippen LogP contribution is -2.40. The van der Waals surface area contributed by atoms with Crippen LogP contribution in [-0.2, 0) is 27.3 Å². The summed E-state index contributed by atoms with van der Waals surface area (Å²) in [4.78, 5) is 27.2. The molecule has 166 valence electrons. The molecule has 2 aromatic rings. The molecule has 0 spiro atoms. The normalized spacial score (nSPS) is 15.6. The highest BCUT2D eigenvalue weighted by molar-refractivity contribution is 5.92. The highest BCUT2D eigenvalue weighted by Gasteiger charge is 2.29. The molecule has 2 amide bonds. The van der Waals surface area contributed by atoms with Crippen molar-refractivity contribution in [2.24, 2.45) is 0 Å². The third kappa shape index (κ3) is 5.98. The number of nitrogens with one attached hydrogen (secondary N) is 1. The van der Waals surface area contributed by atoms with Crippen LogP contribution < -0.4 is 14.8 Å². The fourth-order valence-electron chi connectivity index (χ4n) is 3.61. The molecular formula is C24H30N2O5. The molecule has 0 fully saturated rings. The Morgan fingerprint density at radius 2 is 2.06 bits per heavy atom. The Hall–Kier alpha value is -3.06. The lowest BCUT2D eigenvalue weighted by Gasteiger charge is -2.23. The van der Waals surface area contributed by atoms with Crippen molar-refractivity contribution in [2.45, 2.75) is 38.8 Å². The topological polar surface area (TPSA) is 77.1 Å². The molecular weight excluding hydrogens is 396 g/mol. The smallest absolute Gasteiger partial charge is 0.263 e. The molecule has 2 aromatic carbocycles. The van der Waals surface area contributed by atoms with E-state index in [0.717, 1.165) is 23.3 Å². The van der Waals surface area contributed by atoms with Crippen molar-refractivity contribution in [1.29, 1.82) is 0 Å². The van der Waals surface area contributed by atoms with E-state index in [-0.39, 0.29) is 18.2 Å². The summed E-state index contributed by atoms with van der Waals surface area (Å²) < 4.78 is 16.3. The van der Waals surface area contributed by atoms with Crippen molar-refractivity contribution in [2.75, 3.05) is 32.7 Å². The van der Waals surface area contributed by atoms with Gasteiger partial charge >= 0.3 is 0 Å². The Balaban J connectivity index is 1.72. The van der Waals surface area contributed by atoms with Crippen LogP contribution in [-0.4, -0.2) is 50.2 Å². The van der Waals surface area contributed by atoms with Crippen LogP contribution >= 0.6 is 0 Å². The van der Waals surface area contributed by atoms with Crippen LogP contribution in [0.25, 0.3) is 0 Å². The zero-order chi connectivity index (χ0) is 22.2. The molecule has 0 unspecified atom stereocenters. The van der Waals surface area contributed by atoms with E-state index in [1.165, 1.54) is 0 Å². The number of benzene rings is 2. The number of nitrogens with zero attached hydrogens (tertiary/aromatic N) is 1. The zero-order valence-electron chi connectivity index (χ0n) is 18.3. The van der Waals surface area contributed by atoms with E-state index in [0.29, 0.717) is 37.6 Å². The lowest BCUT2D eigenvalue weighted by molar-refractivity contribution is -0.138. The first-order chi connectivity index (χ1) is 15.0. The highest BCUT2D eigenvalue weighted by Crippen LogP contribution is 2.29. The van der Waals surface area contributed by atoms with E-state index in [1.807, 2.05) is 43.3 Å². The molecule has 0 radical (unpaired) electrons. The van der Waals surface area contributed by atoms with Crippen LogP contribution in [0.2, 0.25) is 0 Å². The van der Waals surface area contributed by atoms with Crippen LogP contribution in [0.15, 0.2) is 42.5 Å². The second-order valence-corrected chi connectivity index (χ2v) is 7.52. The number of methoxy groups -OCH3 is 2. The average molecular weight is 427 g/mol. The molecule has 31 heavy (non-hydrogen) atoms. The van der Waals surface area contributed by atoms with Crippen molar-refractivity contribution in [3.8, 4) is 11.5 Å². The average Bonchev–Trinajstić information content (AvgIpc) is 2.90. The maximum Gasteiger partial charge on any atom is 0.263 e. The minimum absolute atomic E-state index is 0.0154. The summed E-state index contributed by atoms with van der Waals surface area (Å²) in [5, 5.41) is 2.94. The number of hydrogen-bond acceptors (Lipinski definition) is 5. The van der Waals surface area contributed by atoms with Gasteiger partial charge in [-0.05, 0) is 48.7 Å². The van der Waals surface area contributed by atoms with Crippen LogP contribution in [0.4, 0.5) is 5.69 Å². The summed E-state index contributed by atoms with van der Waals surface area (Å²) in [6.45, 7) is 3.56. The summed E-state index contributed by atoms with van der Waals surface area (Å²) >= 11 is 0. The largest absolute Gasteiger partial charge is 0.497 e. The molecule has 1 heterocycles. The first kappa shape index (κ1) is 22.6. The molecule has 0 aliphatic carbocycles. The molecule has 1 N–H and O–H groups in total. The van der Waals surface area contributed by atoms with Crippen molar-refractivity contribution < 1.29 is 23.8 Å². The molecule has 0 saturated carbocycles. The van der Waals surface area contributed by atoms with E-state index in [1.54, 1.807) is 25.2 Å². The first-order valence-electron chi connectivity index (χ1n) is 10.5. The van der Waals surface area contributed by atoms with Crippen LogP contribution in [0.5, 0.6) is 11.5 Å². The molecule has 1 aliphatic heterocycles. The van der Waals surface area contributed by atoms with Gasteiger partial charge in [-0.25, -0.2) is 0 Å². The number of hydrogen-bond donors (Lipinski definition) is 1. The second kappa shape index (κ2) is 10.8. The summed E-state index contributed by atoms with van der Waals surface area (Å²) in [6.07, 6.45) is 1.09. The van der Waals surface area contributed by atoms with Gasteiger partial charge in [-0.2, -0.15) is 0 Å². The molecule has 0 saturated heterocycles. The summed E-state index contributed by atoms with van der Waals surface area (Å²) in [5.41, 5.74) is 2.42. The van der Waals surface area contributed by atoms with Crippen molar-refractivity contribution in [1.82, 2.24) is 4.90 Å². The molecule has 0 aromatic heterocycles. The summed E-state index contributed by atoms with van der Waals surface area (Å²) in [7, 11) is 3.25. The Bertz CT molecular complexity index is 915. The molecule has 7 heteroatoms. The predicted molar refractivity (Wildman–Crippen MR) is 118 cm³/mol. The van der Waals surface area contributed by atoms with E-state index in [2.05, 4.69) is 5.32 Å². The molecule has 1 aliphatic rings. The Morgan fingerprint density at radius 3 is 2.81 bits per heavy atom. The zero-order valence-corrected chi connectivity index (χ0v) is 18.3. The van der Waals surface area contributed by atoms with Gasteiger partial charge in [0.2, 0.25) is 5.91 Å². The number of rotatable bonds is 9. The Morgan fingerprint density at radius 1 is 1.23 bits per heavy atom. The van der Waals surface area contributed by atoms with Crippen LogP contribution in [0, 0.1) is 0 Å².